The van der Waals surface area contributed by atoms with Gasteiger partial charge in [0.1, 0.15) is 17.3 Å². The van der Waals surface area contributed by atoms with Crippen molar-refractivity contribution in [2.24, 2.45) is 0 Å². The summed E-state index contributed by atoms with van der Waals surface area (Å²) in [5.41, 5.74) is 0. The number of carboxylic acid groups (broad SMARTS) is 5. The van der Waals surface area contributed by atoms with E-state index in [1.54, 1.807) is 0 Å². The van der Waals surface area contributed by atoms with Crippen LogP contribution < -0.4 is 21.3 Å². The van der Waals surface area contributed by atoms with Gasteiger partial charge in [-0.25, -0.2) is 0 Å². The van der Waals surface area contributed by atoms with Gasteiger partial charge in [-0.05, 0) is 20.8 Å². The molecule has 17 heteroatoms. The standard InChI is InChI=1S/C7H13NO3.2C6H11NO3.C4H7NO4/c1-6(9)2-4-8-5-3-7(10)11;2*1-5(8)2-3-7-4-6(9)10;6-3(7)1-5-2-4(8)9/h8H,2-5H2,1H3,(H,10,11);2*7H,2-4H2,1H3,(H,9,10);5H,1-2H2,(H,6,7)(H,8,9). The summed E-state index contributed by atoms with van der Waals surface area (Å²) in [6, 6.07) is 0. The molecule has 0 fully saturated rings. The van der Waals surface area contributed by atoms with Crippen molar-refractivity contribution in [2.75, 3.05) is 52.4 Å². The lowest BCUT2D eigenvalue weighted by Gasteiger charge is -1.98. The molecule has 0 spiro atoms. The summed E-state index contributed by atoms with van der Waals surface area (Å²) < 4.78 is 0. The molecule has 0 atom stereocenters. The zero-order valence-corrected chi connectivity index (χ0v) is 23.0. The first-order valence-electron chi connectivity index (χ1n) is 11.9. The molecule has 232 valence electrons. The molecule has 40 heavy (non-hydrogen) atoms. The molecule has 9 N–H and O–H groups in total. The summed E-state index contributed by atoms with van der Waals surface area (Å²) in [4.78, 5) is 80.2. The van der Waals surface area contributed by atoms with Crippen molar-refractivity contribution in [2.45, 2.75) is 46.5 Å². The SMILES string of the molecule is CC(=O)CCNCC(=O)O.CC(=O)CCNCC(=O)O.CC(=O)CCNCCC(=O)O.O=C(O)CNCC(=O)O. The summed E-state index contributed by atoms with van der Waals surface area (Å²) in [5.74, 6) is -4.48. The fourth-order valence-corrected chi connectivity index (χ4v) is 1.78. The number of carbonyl (C=O) groups excluding carboxylic acids is 3. The quantitative estimate of drug-likeness (QED) is 0.0705. The third-order valence-corrected chi connectivity index (χ3v) is 3.58. The van der Waals surface area contributed by atoms with Crippen molar-refractivity contribution in [3.05, 3.63) is 0 Å². The summed E-state index contributed by atoms with van der Waals surface area (Å²) in [6.07, 6.45) is 1.37. The topological polar surface area (TPSA) is 286 Å². The summed E-state index contributed by atoms with van der Waals surface area (Å²) >= 11 is 0. The van der Waals surface area contributed by atoms with Crippen LogP contribution in [0.2, 0.25) is 0 Å². The van der Waals surface area contributed by atoms with E-state index in [2.05, 4.69) is 21.3 Å². The highest BCUT2D eigenvalue weighted by molar-refractivity contribution is 5.76. The van der Waals surface area contributed by atoms with Crippen molar-refractivity contribution >= 4 is 47.2 Å². The smallest absolute Gasteiger partial charge is 0.317 e. The molecule has 0 radical (unpaired) electrons. The Morgan fingerprint density at radius 3 is 0.875 bits per heavy atom. The predicted octanol–water partition coefficient (Wildman–Crippen LogP) is -1.95. The van der Waals surface area contributed by atoms with Crippen LogP contribution >= 0.6 is 0 Å². The van der Waals surface area contributed by atoms with E-state index in [1.165, 1.54) is 20.8 Å². The van der Waals surface area contributed by atoms with Crippen molar-refractivity contribution in [3.63, 3.8) is 0 Å². The lowest BCUT2D eigenvalue weighted by atomic mass is 10.3. The molecule has 0 bridgehead atoms. The lowest BCUT2D eigenvalue weighted by Crippen LogP contribution is -2.27. The Morgan fingerprint density at radius 2 is 0.625 bits per heavy atom. The fraction of sp³-hybridized carbons (Fsp3) is 0.652. The average Bonchev–Trinajstić information content (AvgIpc) is 2.79. The monoisotopic (exact) mass is 582 g/mol. The van der Waals surface area contributed by atoms with E-state index in [9.17, 15) is 38.4 Å². The molecule has 0 saturated heterocycles. The van der Waals surface area contributed by atoms with E-state index < -0.39 is 29.8 Å². The largest absolute Gasteiger partial charge is 0.481 e. The summed E-state index contributed by atoms with van der Waals surface area (Å²) in [7, 11) is 0. The van der Waals surface area contributed by atoms with Crippen LogP contribution in [0.15, 0.2) is 0 Å². The zero-order valence-electron chi connectivity index (χ0n) is 23.0. The molecule has 17 nitrogen and oxygen atoms in total. The van der Waals surface area contributed by atoms with Crippen LogP contribution in [-0.2, 0) is 38.4 Å². The van der Waals surface area contributed by atoms with Gasteiger partial charge in [-0.3, -0.25) is 43.7 Å². The van der Waals surface area contributed by atoms with Crippen LogP contribution in [0.1, 0.15) is 46.5 Å². The zero-order chi connectivity index (χ0) is 31.9. The van der Waals surface area contributed by atoms with Gasteiger partial charge in [-0.15, -0.1) is 0 Å². The van der Waals surface area contributed by atoms with Crippen LogP contribution in [0.4, 0.5) is 0 Å². The highest BCUT2D eigenvalue weighted by Gasteiger charge is 1.98. The minimum atomic E-state index is -1.06. The molecule has 0 saturated carbocycles. The van der Waals surface area contributed by atoms with Gasteiger partial charge in [0.25, 0.3) is 0 Å². The van der Waals surface area contributed by atoms with E-state index in [0.29, 0.717) is 45.4 Å². The maximum Gasteiger partial charge on any atom is 0.317 e. The molecule has 0 rings (SSSR count). The number of aliphatic carboxylic acids is 5. The number of hydrogen-bond acceptors (Lipinski definition) is 12. The Labute approximate surface area is 231 Å². The molecule has 0 aromatic heterocycles. The fourth-order valence-electron chi connectivity index (χ4n) is 1.78. The normalized spacial score (nSPS) is 9.28. The number of carboxylic acids is 5. The highest BCUT2D eigenvalue weighted by atomic mass is 16.4. The Kier molecular flexibility index (Phi) is 34.0. The number of ketones is 3. The van der Waals surface area contributed by atoms with Gasteiger partial charge >= 0.3 is 29.8 Å². The number of carbonyl (C=O) groups is 8. The minimum absolute atomic E-state index is 0.0675. The van der Waals surface area contributed by atoms with Crippen LogP contribution in [0.25, 0.3) is 0 Å². The number of hydrogen-bond donors (Lipinski definition) is 9. The summed E-state index contributed by atoms with van der Waals surface area (Å²) in [5, 5.41) is 50.6. The first-order chi connectivity index (χ1) is 18.5. The van der Waals surface area contributed by atoms with Crippen molar-refractivity contribution in [1.29, 1.82) is 0 Å². The molecular formula is C23H42N4O13. The Hall–Kier alpha value is -3.80. The molecule has 0 aliphatic heterocycles. The highest BCUT2D eigenvalue weighted by Crippen LogP contribution is 1.80. The van der Waals surface area contributed by atoms with Crippen molar-refractivity contribution in [3.8, 4) is 0 Å². The molecule has 0 unspecified atom stereocenters. The minimum Gasteiger partial charge on any atom is -0.481 e. The molecule has 0 amide bonds. The van der Waals surface area contributed by atoms with E-state index in [4.69, 9.17) is 25.5 Å². The van der Waals surface area contributed by atoms with Crippen molar-refractivity contribution < 1.29 is 63.9 Å². The Morgan fingerprint density at radius 1 is 0.375 bits per heavy atom. The number of rotatable bonds is 20. The molecular weight excluding hydrogens is 540 g/mol. The van der Waals surface area contributed by atoms with Crippen LogP contribution in [0.3, 0.4) is 0 Å². The van der Waals surface area contributed by atoms with E-state index in [-0.39, 0.29) is 49.9 Å². The molecule has 0 heterocycles. The second-order valence-corrected chi connectivity index (χ2v) is 7.78. The van der Waals surface area contributed by atoms with E-state index in [0.717, 1.165) is 0 Å². The molecule has 0 aliphatic carbocycles. The maximum absolute atomic E-state index is 10.4. The Bertz CT molecular complexity index is 695. The predicted molar refractivity (Wildman–Crippen MR) is 140 cm³/mol. The second kappa shape index (κ2) is 31.4. The third kappa shape index (κ3) is 64.4. The third-order valence-electron chi connectivity index (χ3n) is 3.58. The van der Waals surface area contributed by atoms with Gasteiger partial charge in [0.15, 0.2) is 0 Å². The van der Waals surface area contributed by atoms with Gasteiger partial charge in [0.05, 0.1) is 32.6 Å². The second-order valence-electron chi connectivity index (χ2n) is 7.78. The van der Waals surface area contributed by atoms with Crippen LogP contribution in [0, 0.1) is 0 Å². The average molecular weight is 583 g/mol. The maximum atomic E-state index is 10.4. The Balaban J connectivity index is -0.000000217. The van der Waals surface area contributed by atoms with Crippen LogP contribution in [-0.4, -0.2) is 125 Å². The van der Waals surface area contributed by atoms with Gasteiger partial charge in [-0.2, -0.15) is 0 Å². The molecule has 0 aromatic rings. The first kappa shape index (κ1) is 43.3. The van der Waals surface area contributed by atoms with Gasteiger partial charge in [0.2, 0.25) is 0 Å². The lowest BCUT2D eigenvalue weighted by molar-refractivity contribution is -0.138. The van der Waals surface area contributed by atoms with E-state index in [1.807, 2.05) is 0 Å². The van der Waals surface area contributed by atoms with Crippen LogP contribution in [0.5, 0.6) is 0 Å². The molecule has 0 aromatic carbocycles. The van der Waals surface area contributed by atoms with E-state index >= 15 is 0 Å². The molecule has 0 aliphatic rings. The van der Waals surface area contributed by atoms with Crippen molar-refractivity contribution in [1.82, 2.24) is 21.3 Å². The summed E-state index contributed by atoms with van der Waals surface area (Å²) in [6.45, 7) is 5.58. The number of Topliss-reactive ketones (excluding diaryl/α,β-unsaturated/α-hetero) is 3. The van der Waals surface area contributed by atoms with Gasteiger partial charge < -0.3 is 41.5 Å². The van der Waals surface area contributed by atoms with Gasteiger partial charge in [0, 0.05) is 45.4 Å². The number of nitrogens with one attached hydrogen (secondary N) is 4. The first-order valence-corrected chi connectivity index (χ1v) is 11.9. The van der Waals surface area contributed by atoms with Gasteiger partial charge in [-0.1, -0.05) is 0 Å².